The van der Waals surface area contributed by atoms with Crippen molar-refractivity contribution in [3.05, 3.63) is 65.0 Å². The molecule has 18 heavy (non-hydrogen) atoms. The SMILES string of the molecule is Cn1nc(-c2cccc3ccccc23)ccc1=O. The van der Waals surface area contributed by atoms with Crippen molar-refractivity contribution in [3.63, 3.8) is 0 Å². The molecule has 0 saturated heterocycles. The lowest BCUT2D eigenvalue weighted by Crippen LogP contribution is -2.18. The molecule has 3 aromatic rings. The number of hydrogen-bond acceptors (Lipinski definition) is 2. The van der Waals surface area contributed by atoms with E-state index in [1.807, 2.05) is 24.3 Å². The molecule has 0 atom stereocenters. The molecule has 0 fully saturated rings. The Labute approximate surface area is 104 Å². The summed E-state index contributed by atoms with van der Waals surface area (Å²) in [6.45, 7) is 0. The minimum atomic E-state index is -0.0982. The second kappa shape index (κ2) is 4.11. The maximum atomic E-state index is 11.4. The Kier molecular flexibility index (Phi) is 2.45. The van der Waals surface area contributed by atoms with Crippen molar-refractivity contribution in [2.45, 2.75) is 0 Å². The first-order chi connectivity index (χ1) is 8.75. The summed E-state index contributed by atoms with van der Waals surface area (Å²) in [5.41, 5.74) is 1.76. The van der Waals surface area contributed by atoms with E-state index in [-0.39, 0.29) is 5.56 Å². The highest BCUT2D eigenvalue weighted by Crippen LogP contribution is 2.26. The Morgan fingerprint density at radius 1 is 0.944 bits per heavy atom. The van der Waals surface area contributed by atoms with Crippen LogP contribution in [0.4, 0.5) is 0 Å². The summed E-state index contributed by atoms with van der Waals surface area (Å²) in [6.07, 6.45) is 0. The van der Waals surface area contributed by atoms with Crippen LogP contribution in [0.5, 0.6) is 0 Å². The smallest absolute Gasteiger partial charge is 0.266 e. The molecule has 0 bridgehead atoms. The summed E-state index contributed by atoms with van der Waals surface area (Å²) in [4.78, 5) is 11.4. The number of fused-ring (bicyclic) bond motifs is 1. The first kappa shape index (κ1) is 10.7. The zero-order chi connectivity index (χ0) is 12.5. The van der Waals surface area contributed by atoms with E-state index in [1.165, 1.54) is 10.1 Å². The van der Waals surface area contributed by atoms with E-state index in [1.54, 1.807) is 19.2 Å². The van der Waals surface area contributed by atoms with Crippen molar-refractivity contribution >= 4 is 10.8 Å². The Balaban J connectivity index is 2.31. The predicted octanol–water partition coefficient (Wildman–Crippen LogP) is 2.60. The van der Waals surface area contributed by atoms with Crippen LogP contribution < -0.4 is 5.56 Å². The van der Waals surface area contributed by atoms with Crippen LogP contribution in [0.15, 0.2) is 59.4 Å². The molecule has 0 spiro atoms. The molecule has 1 aromatic heterocycles. The van der Waals surface area contributed by atoms with E-state index < -0.39 is 0 Å². The van der Waals surface area contributed by atoms with Crippen molar-refractivity contribution in [1.82, 2.24) is 9.78 Å². The van der Waals surface area contributed by atoms with Crippen LogP contribution in [0.1, 0.15) is 0 Å². The minimum absolute atomic E-state index is 0.0982. The standard InChI is InChI=1S/C15H12N2O/c1-17-15(18)10-9-14(16-17)13-8-4-6-11-5-2-3-7-12(11)13/h2-10H,1H3. The van der Waals surface area contributed by atoms with Gasteiger partial charge in [0.25, 0.3) is 5.56 Å². The van der Waals surface area contributed by atoms with Gasteiger partial charge in [-0.15, -0.1) is 0 Å². The van der Waals surface area contributed by atoms with Crippen LogP contribution in [0, 0.1) is 0 Å². The summed E-state index contributed by atoms with van der Waals surface area (Å²) in [5, 5.41) is 6.61. The van der Waals surface area contributed by atoms with Gasteiger partial charge in [0.15, 0.2) is 0 Å². The van der Waals surface area contributed by atoms with E-state index in [9.17, 15) is 4.79 Å². The van der Waals surface area contributed by atoms with E-state index in [0.717, 1.165) is 16.6 Å². The quantitative estimate of drug-likeness (QED) is 0.651. The molecule has 0 unspecified atom stereocenters. The molecule has 0 saturated carbocycles. The highest BCUT2D eigenvalue weighted by Gasteiger charge is 2.05. The summed E-state index contributed by atoms with van der Waals surface area (Å²) < 4.78 is 1.36. The van der Waals surface area contributed by atoms with Gasteiger partial charge >= 0.3 is 0 Å². The molecule has 3 nitrogen and oxygen atoms in total. The minimum Gasteiger partial charge on any atom is -0.268 e. The van der Waals surface area contributed by atoms with Gasteiger partial charge in [0, 0.05) is 18.7 Å². The fourth-order valence-corrected chi connectivity index (χ4v) is 2.09. The molecule has 0 aliphatic heterocycles. The Morgan fingerprint density at radius 3 is 2.56 bits per heavy atom. The maximum Gasteiger partial charge on any atom is 0.266 e. The van der Waals surface area contributed by atoms with Crippen molar-refractivity contribution in [2.75, 3.05) is 0 Å². The normalized spacial score (nSPS) is 10.7. The van der Waals surface area contributed by atoms with Crippen LogP contribution in [0.2, 0.25) is 0 Å². The predicted molar refractivity (Wildman–Crippen MR) is 72.4 cm³/mol. The van der Waals surface area contributed by atoms with Gasteiger partial charge in [0.1, 0.15) is 0 Å². The van der Waals surface area contributed by atoms with E-state index in [0.29, 0.717) is 0 Å². The number of rotatable bonds is 1. The fourth-order valence-electron chi connectivity index (χ4n) is 2.09. The van der Waals surface area contributed by atoms with Crippen LogP contribution in [0.3, 0.4) is 0 Å². The average molecular weight is 236 g/mol. The number of hydrogen-bond donors (Lipinski definition) is 0. The number of aromatic nitrogens is 2. The first-order valence-corrected chi connectivity index (χ1v) is 5.78. The molecule has 3 rings (SSSR count). The van der Waals surface area contributed by atoms with Crippen molar-refractivity contribution in [1.29, 1.82) is 0 Å². The molecule has 0 amide bonds. The van der Waals surface area contributed by atoms with Gasteiger partial charge in [-0.2, -0.15) is 5.10 Å². The molecular formula is C15H12N2O. The Bertz CT molecular complexity index is 769. The number of benzene rings is 2. The Hall–Kier alpha value is -2.42. The topological polar surface area (TPSA) is 34.9 Å². The van der Waals surface area contributed by atoms with Crippen LogP contribution >= 0.6 is 0 Å². The molecule has 0 aliphatic rings. The van der Waals surface area contributed by atoms with E-state index >= 15 is 0 Å². The van der Waals surface area contributed by atoms with Gasteiger partial charge in [-0.1, -0.05) is 42.5 Å². The summed E-state index contributed by atoms with van der Waals surface area (Å²) >= 11 is 0. The van der Waals surface area contributed by atoms with Crippen LogP contribution in [-0.2, 0) is 7.05 Å². The second-order valence-electron chi connectivity index (χ2n) is 4.21. The number of nitrogens with zero attached hydrogens (tertiary/aromatic N) is 2. The highest BCUT2D eigenvalue weighted by molar-refractivity contribution is 5.95. The molecule has 2 aromatic carbocycles. The lowest BCUT2D eigenvalue weighted by atomic mass is 10.0. The van der Waals surface area contributed by atoms with Crippen molar-refractivity contribution < 1.29 is 0 Å². The largest absolute Gasteiger partial charge is 0.268 e. The zero-order valence-electron chi connectivity index (χ0n) is 10.00. The van der Waals surface area contributed by atoms with Crippen molar-refractivity contribution in [2.24, 2.45) is 7.05 Å². The van der Waals surface area contributed by atoms with Gasteiger partial charge in [-0.3, -0.25) is 4.79 Å². The fraction of sp³-hybridized carbons (Fsp3) is 0.0667. The van der Waals surface area contributed by atoms with Crippen LogP contribution in [0.25, 0.3) is 22.0 Å². The van der Waals surface area contributed by atoms with Gasteiger partial charge < -0.3 is 0 Å². The van der Waals surface area contributed by atoms with E-state index in [2.05, 4.69) is 23.3 Å². The number of aryl methyl sites for hydroxylation is 1. The third-order valence-corrected chi connectivity index (χ3v) is 3.03. The molecule has 0 radical (unpaired) electrons. The third-order valence-electron chi connectivity index (χ3n) is 3.03. The van der Waals surface area contributed by atoms with Gasteiger partial charge in [-0.25, -0.2) is 4.68 Å². The maximum absolute atomic E-state index is 11.4. The lowest BCUT2D eigenvalue weighted by molar-refractivity contribution is 0.712. The van der Waals surface area contributed by atoms with Gasteiger partial charge in [0.2, 0.25) is 0 Å². The summed E-state index contributed by atoms with van der Waals surface area (Å²) in [7, 11) is 1.66. The van der Waals surface area contributed by atoms with E-state index in [4.69, 9.17) is 0 Å². The first-order valence-electron chi connectivity index (χ1n) is 5.78. The molecule has 0 aliphatic carbocycles. The Morgan fingerprint density at radius 2 is 1.72 bits per heavy atom. The molecule has 88 valence electrons. The van der Waals surface area contributed by atoms with Crippen LogP contribution in [-0.4, -0.2) is 9.78 Å². The second-order valence-corrected chi connectivity index (χ2v) is 4.21. The molecule has 3 heteroatoms. The molecule has 1 heterocycles. The van der Waals surface area contributed by atoms with Crippen molar-refractivity contribution in [3.8, 4) is 11.3 Å². The molecule has 0 N–H and O–H groups in total. The van der Waals surface area contributed by atoms with Gasteiger partial charge in [0.05, 0.1) is 5.69 Å². The third kappa shape index (κ3) is 1.70. The highest BCUT2D eigenvalue weighted by atomic mass is 16.1. The summed E-state index contributed by atoms with van der Waals surface area (Å²) in [5.74, 6) is 0. The van der Waals surface area contributed by atoms with Gasteiger partial charge in [-0.05, 0) is 16.8 Å². The summed E-state index contributed by atoms with van der Waals surface area (Å²) in [6, 6.07) is 17.6. The zero-order valence-corrected chi connectivity index (χ0v) is 10.00. The lowest BCUT2D eigenvalue weighted by Gasteiger charge is -2.06. The monoisotopic (exact) mass is 236 g/mol. The molecular weight excluding hydrogens is 224 g/mol. The average Bonchev–Trinajstić information content (AvgIpc) is 2.41.